The fourth-order valence-corrected chi connectivity index (χ4v) is 4.98. The topological polar surface area (TPSA) is 39.1 Å². The summed E-state index contributed by atoms with van der Waals surface area (Å²) in [6.07, 6.45) is 4.16. The fraction of sp³-hybridized carbons (Fsp3) is 0.111. The highest BCUT2D eigenvalue weighted by Crippen LogP contribution is 2.32. The van der Waals surface area contributed by atoms with Gasteiger partial charge >= 0.3 is 0 Å². The van der Waals surface area contributed by atoms with Gasteiger partial charge in [0, 0.05) is 17.1 Å². The first kappa shape index (κ1) is 20.7. The van der Waals surface area contributed by atoms with Crippen molar-refractivity contribution in [2.75, 3.05) is 0 Å². The molecule has 0 aliphatic carbocycles. The second-order valence-electron chi connectivity index (χ2n) is 7.43. The third-order valence-corrected chi connectivity index (χ3v) is 6.92. The Bertz CT molecular complexity index is 1390. The first-order valence-electron chi connectivity index (χ1n) is 10.1. The molecule has 0 fully saturated rings. The molecule has 0 radical (unpaired) electrons. The van der Waals surface area contributed by atoms with Crippen LogP contribution in [-0.4, -0.2) is 12.4 Å². The van der Waals surface area contributed by atoms with E-state index in [4.69, 9.17) is 0 Å². The fourth-order valence-electron chi connectivity index (χ4n) is 3.60. The van der Waals surface area contributed by atoms with Crippen molar-refractivity contribution >= 4 is 20.9 Å². The number of benzene rings is 3. The zero-order chi connectivity index (χ0) is 21.8. The van der Waals surface area contributed by atoms with Crippen LogP contribution in [0.2, 0.25) is 0 Å². The van der Waals surface area contributed by atoms with Crippen molar-refractivity contribution in [3.8, 4) is 11.8 Å². The molecule has 0 aliphatic heterocycles. The largest absolute Gasteiger partial charge is 0.268 e. The van der Waals surface area contributed by atoms with Crippen LogP contribution < -0.4 is 0 Å². The molecule has 0 aliphatic rings. The van der Waals surface area contributed by atoms with Gasteiger partial charge in [0.25, 0.3) is 10.0 Å². The predicted molar refractivity (Wildman–Crippen MR) is 127 cm³/mol. The Morgan fingerprint density at radius 2 is 1.65 bits per heavy atom. The molecule has 0 bridgehead atoms. The van der Waals surface area contributed by atoms with E-state index in [0.717, 1.165) is 22.1 Å². The maximum Gasteiger partial charge on any atom is 0.268 e. The van der Waals surface area contributed by atoms with Crippen molar-refractivity contribution in [3.63, 3.8) is 0 Å². The number of aryl methyl sites for hydroxylation is 1. The summed E-state index contributed by atoms with van der Waals surface area (Å²) < 4.78 is 28.3. The second-order valence-corrected chi connectivity index (χ2v) is 9.24. The molecule has 3 aromatic carbocycles. The highest BCUT2D eigenvalue weighted by Gasteiger charge is 2.23. The molecule has 31 heavy (non-hydrogen) atoms. The number of fused-ring (bicyclic) bond motifs is 1. The summed E-state index contributed by atoms with van der Waals surface area (Å²) in [7, 11) is -3.73. The van der Waals surface area contributed by atoms with Crippen LogP contribution in [0.4, 0.5) is 0 Å². The standard InChI is InChI=1S/C27H23NO2S/c1-3-9-23(17-16-22-10-5-4-6-11-22)26-20-28(27-13-8-7-12-25(26)27)31(29,30)24-18-14-21(2)15-19-24/h3-8,10-15,18-20,23H,1,9H2,2H3. The van der Waals surface area contributed by atoms with Gasteiger partial charge in [0.2, 0.25) is 0 Å². The lowest BCUT2D eigenvalue weighted by atomic mass is 9.95. The average molecular weight is 426 g/mol. The molecule has 1 atom stereocenters. The van der Waals surface area contributed by atoms with Crippen LogP contribution in [0.25, 0.3) is 10.9 Å². The van der Waals surface area contributed by atoms with E-state index in [9.17, 15) is 8.42 Å². The highest BCUT2D eigenvalue weighted by molar-refractivity contribution is 7.90. The van der Waals surface area contributed by atoms with Crippen LogP contribution in [0.15, 0.2) is 103 Å². The minimum absolute atomic E-state index is 0.169. The van der Waals surface area contributed by atoms with Gasteiger partial charge in [0.05, 0.1) is 16.3 Å². The van der Waals surface area contributed by atoms with Gasteiger partial charge in [0.15, 0.2) is 0 Å². The van der Waals surface area contributed by atoms with Crippen LogP contribution in [0, 0.1) is 18.8 Å². The lowest BCUT2D eigenvalue weighted by Gasteiger charge is -2.08. The Morgan fingerprint density at radius 1 is 0.968 bits per heavy atom. The number of allylic oxidation sites excluding steroid dienone is 1. The van der Waals surface area contributed by atoms with E-state index in [1.807, 2.05) is 79.7 Å². The minimum Gasteiger partial charge on any atom is -0.241 e. The predicted octanol–water partition coefficient (Wildman–Crippen LogP) is 5.90. The minimum atomic E-state index is -3.73. The number of nitrogens with zero attached hydrogens (tertiary/aromatic N) is 1. The van der Waals surface area contributed by atoms with Crippen LogP contribution in [0.3, 0.4) is 0 Å². The summed E-state index contributed by atoms with van der Waals surface area (Å²) in [6.45, 7) is 5.81. The molecule has 4 heteroatoms. The molecule has 1 unspecified atom stereocenters. The normalized spacial score (nSPS) is 12.2. The molecule has 1 heterocycles. The van der Waals surface area contributed by atoms with Crippen LogP contribution in [0.5, 0.6) is 0 Å². The number of para-hydroxylation sites is 1. The first-order chi connectivity index (χ1) is 15.0. The smallest absolute Gasteiger partial charge is 0.241 e. The number of aromatic nitrogens is 1. The molecule has 0 saturated heterocycles. The second kappa shape index (κ2) is 8.67. The van der Waals surface area contributed by atoms with E-state index >= 15 is 0 Å². The number of hydrogen-bond donors (Lipinski definition) is 0. The van der Waals surface area contributed by atoms with Crippen molar-refractivity contribution in [2.45, 2.75) is 24.2 Å². The summed E-state index contributed by atoms with van der Waals surface area (Å²) >= 11 is 0. The van der Waals surface area contributed by atoms with Crippen LogP contribution in [0.1, 0.15) is 29.0 Å². The van der Waals surface area contributed by atoms with Gasteiger partial charge in [0.1, 0.15) is 0 Å². The summed E-state index contributed by atoms with van der Waals surface area (Å²) in [6, 6.07) is 24.3. The Morgan fingerprint density at radius 3 is 2.35 bits per heavy atom. The molecule has 0 N–H and O–H groups in total. The first-order valence-corrected chi connectivity index (χ1v) is 11.5. The van der Waals surface area contributed by atoms with E-state index < -0.39 is 10.0 Å². The molecule has 0 saturated carbocycles. The molecule has 3 nitrogen and oxygen atoms in total. The van der Waals surface area contributed by atoms with Crippen molar-refractivity contribution < 1.29 is 8.42 Å². The third kappa shape index (κ3) is 4.19. The SMILES string of the molecule is C=CCC(C#Cc1ccccc1)c1cn(S(=O)(=O)c2ccc(C)cc2)c2ccccc12. The summed E-state index contributed by atoms with van der Waals surface area (Å²) in [5, 5.41) is 0.882. The van der Waals surface area contributed by atoms with Crippen LogP contribution >= 0.6 is 0 Å². The van der Waals surface area contributed by atoms with Gasteiger partial charge in [-0.1, -0.05) is 72.0 Å². The van der Waals surface area contributed by atoms with E-state index in [1.165, 1.54) is 3.97 Å². The van der Waals surface area contributed by atoms with E-state index in [0.29, 0.717) is 11.9 Å². The van der Waals surface area contributed by atoms with Gasteiger partial charge in [-0.2, -0.15) is 0 Å². The van der Waals surface area contributed by atoms with Crippen molar-refractivity contribution in [1.82, 2.24) is 3.97 Å². The molecular formula is C27H23NO2S. The van der Waals surface area contributed by atoms with Crippen molar-refractivity contribution in [3.05, 3.63) is 114 Å². The lowest BCUT2D eigenvalue weighted by molar-refractivity contribution is 0.589. The average Bonchev–Trinajstić information content (AvgIpc) is 3.18. The summed E-state index contributed by atoms with van der Waals surface area (Å²) in [4.78, 5) is 0.265. The summed E-state index contributed by atoms with van der Waals surface area (Å²) in [5.74, 6) is 6.38. The quantitative estimate of drug-likeness (QED) is 0.295. The Kier molecular flexibility index (Phi) is 5.79. The lowest BCUT2D eigenvalue weighted by Crippen LogP contribution is -2.11. The molecule has 4 aromatic rings. The molecule has 4 rings (SSSR count). The van der Waals surface area contributed by atoms with Gasteiger partial charge in [-0.05, 0) is 49.2 Å². The van der Waals surface area contributed by atoms with E-state index in [-0.39, 0.29) is 10.8 Å². The van der Waals surface area contributed by atoms with E-state index in [1.54, 1.807) is 18.3 Å². The zero-order valence-corrected chi connectivity index (χ0v) is 18.1. The maximum atomic E-state index is 13.4. The molecule has 0 amide bonds. The zero-order valence-electron chi connectivity index (χ0n) is 17.3. The number of rotatable bonds is 5. The molecular weight excluding hydrogens is 402 g/mol. The molecule has 154 valence electrons. The number of hydrogen-bond acceptors (Lipinski definition) is 2. The van der Waals surface area contributed by atoms with Crippen LogP contribution in [-0.2, 0) is 10.0 Å². The maximum absolute atomic E-state index is 13.4. The van der Waals surface area contributed by atoms with Crippen molar-refractivity contribution in [1.29, 1.82) is 0 Å². The Balaban J connectivity index is 1.86. The molecule has 1 aromatic heterocycles. The van der Waals surface area contributed by atoms with Gasteiger partial charge in [-0.3, -0.25) is 0 Å². The molecule has 0 spiro atoms. The van der Waals surface area contributed by atoms with Gasteiger partial charge in [-0.25, -0.2) is 12.4 Å². The van der Waals surface area contributed by atoms with Crippen molar-refractivity contribution in [2.24, 2.45) is 0 Å². The van der Waals surface area contributed by atoms with E-state index in [2.05, 4.69) is 18.4 Å². The van der Waals surface area contributed by atoms with Gasteiger partial charge in [-0.15, -0.1) is 6.58 Å². The highest BCUT2D eigenvalue weighted by atomic mass is 32.2. The summed E-state index contributed by atoms with van der Waals surface area (Å²) in [5.41, 5.74) is 3.47. The third-order valence-electron chi connectivity index (χ3n) is 5.23. The van der Waals surface area contributed by atoms with Gasteiger partial charge < -0.3 is 0 Å². The Hall–Kier alpha value is -3.55. The monoisotopic (exact) mass is 425 g/mol. The Labute approximate surface area is 183 Å².